The molecule has 1 amide bonds. The smallest absolute Gasteiger partial charge is 0.416 e. The molecule has 7 heteroatoms. The van der Waals surface area contributed by atoms with Gasteiger partial charge in [0.15, 0.2) is 11.5 Å². The van der Waals surface area contributed by atoms with Gasteiger partial charge in [-0.05, 0) is 41.5 Å². The van der Waals surface area contributed by atoms with E-state index >= 15 is 0 Å². The number of hydrogen-bond donors (Lipinski definition) is 1. The van der Waals surface area contributed by atoms with Crippen molar-refractivity contribution in [2.75, 3.05) is 14.2 Å². The van der Waals surface area contributed by atoms with E-state index in [9.17, 15) is 18.0 Å². The van der Waals surface area contributed by atoms with E-state index in [-0.39, 0.29) is 11.1 Å². The zero-order valence-electron chi connectivity index (χ0n) is 12.4. The van der Waals surface area contributed by atoms with Crippen molar-refractivity contribution < 1.29 is 27.4 Å². The number of amides is 1. The first kappa shape index (κ1) is 16.7. The highest BCUT2D eigenvalue weighted by molar-refractivity contribution is 6.00. The van der Waals surface area contributed by atoms with E-state index in [1.165, 1.54) is 26.4 Å². The molecule has 2 aromatic carbocycles. The molecule has 2 aromatic rings. The van der Waals surface area contributed by atoms with E-state index in [2.05, 4.69) is 0 Å². The minimum atomic E-state index is -4.53. The molecule has 0 aliphatic heterocycles. The molecule has 2 N–H and O–H groups in total. The van der Waals surface area contributed by atoms with Crippen LogP contribution in [0, 0.1) is 0 Å². The molecule has 0 aliphatic rings. The maximum Gasteiger partial charge on any atom is 0.416 e. The summed E-state index contributed by atoms with van der Waals surface area (Å²) in [4.78, 5) is 11.5. The lowest BCUT2D eigenvalue weighted by molar-refractivity contribution is -0.137. The van der Waals surface area contributed by atoms with Crippen molar-refractivity contribution in [3.05, 3.63) is 47.5 Å². The molecule has 122 valence electrons. The molecule has 23 heavy (non-hydrogen) atoms. The fraction of sp³-hybridized carbons (Fsp3) is 0.188. The number of nitrogens with two attached hydrogens (primary N) is 1. The van der Waals surface area contributed by atoms with Crippen molar-refractivity contribution in [2.45, 2.75) is 6.18 Å². The SMILES string of the molecule is COc1ccc(-c2cc(C(F)(F)F)ccc2C(N)=O)cc1OC. The van der Waals surface area contributed by atoms with Crippen molar-refractivity contribution in [1.29, 1.82) is 0 Å². The Balaban J connectivity index is 2.67. The molecule has 0 heterocycles. The molecule has 0 saturated heterocycles. The first-order valence-electron chi connectivity index (χ1n) is 6.51. The van der Waals surface area contributed by atoms with Gasteiger partial charge in [0.25, 0.3) is 0 Å². The Morgan fingerprint density at radius 2 is 1.65 bits per heavy atom. The third-order valence-corrected chi connectivity index (χ3v) is 3.31. The van der Waals surface area contributed by atoms with Crippen LogP contribution in [0.3, 0.4) is 0 Å². The molecule has 0 radical (unpaired) electrons. The summed E-state index contributed by atoms with van der Waals surface area (Å²) in [5.41, 5.74) is 4.82. The predicted molar refractivity (Wildman–Crippen MR) is 78.5 cm³/mol. The second-order valence-electron chi connectivity index (χ2n) is 4.69. The fourth-order valence-corrected chi connectivity index (χ4v) is 2.18. The zero-order valence-corrected chi connectivity index (χ0v) is 12.4. The van der Waals surface area contributed by atoms with Crippen LogP contribution in [0.5, 0.6) is 11.5 Å². The second kappa shape index (κ2) is 6.20. The summed E-state index contributed by atoms with van der Waals surface area (Å²) in [6.07, 6.45) is -4.53. The lowest BCUT2D eigenvalue weighted by Crippen LogP contribution is -2.14. The Hall–Kier alpha value is -2.70. The number of benzene rings is 2. The molecule has 0 atom stereocenters. The summed E-state index contributed by atoms with van der Waals surface area (Å²) < 4.78 is 49.0. The van der Waals surface area contributed by atoms with Gasteiger partial charge in [0, 0.05) is 5.56 Å². The van der Waals surface area contributed by atoms with Crippen LogP contribution in [0.2, 0.25) is 0 Å². The lowest BCUT2D eigenvalue weighted by Gasteiger charge is -2.14. The molecule has 0 bridgehead atoms. The van der Waals surface area contributed by atoms with Gasteiger partial charge in [0.05, 0.1) is 19.8 Å². The Morgan fingerprint density at radius 1 is 1.00 bits per heavy atom. The predicted octanol–water partition coefficient (Wildman–Crippen LogP) is 3.49. The van der Waals surface area contributed by atoms with Gasteiger partial charge in [-0.15, -0.1) is 0 Å². The molecular formula is C16H14F3NO3. The highest BCUT2D eigenvalue weighted by Gasteiger charge is 2.31. The number of hydrogen-bond acceptors (Lipinski definition) is 3. The Labute approximate surface area is 130 Å². The van der Waals surface area contributed by atoms with E-state index < -0.39 is 17.6 Å². The highest BCUT2D eigenvalue weighted by Crippen LogP contribution is 2.37. The third kappa shape index (κ3) is 3.39. The minimum absolute atomic E-state index is 0.00906. The number of carbonyl (C=O) groups excluding carboxylic acids is 1. The first-order valence-corrected chi connectivity index (χ1v) is 6.51. The summed E-state index contributed by atoms with van der Waals surface area (Å²) >= 11 is 0. The van der Waals surface area contributed by atoms with Gasteiger partial charge in [0.2, 0.25) is 5.91 Å². The van der Waals surface area contributed by atoms with Gasteiger partial charge in [-0.1, -0.05) is 6.07 Å². The van der Waals surface area contributed by atoms with Gasteiger partial charge in [-0.25, -0.2) is 0 Å². The maximum atomic E-state index is 12.9. The summed E-state index contributed by atoms with van der Waals surface area (Å²) in [6, 6.07) is 7.34. The Kier molecular flexibility index (Phi) is 4.49. The van der Waals surface area contributed by atoms with Crippen molar-refractivity contribution in [2.24, 2.45) is 5.73 Å². The molecule has 0 aliphatic carbocycles. The van der Waals surface area contributed by atoms with Crippen LogP contribution in [0.1, 0.15) is 15.9 Å². The topological polar surface area (TPSA) is 61.5 Å². The molecular weight excluding hydrogens is 311 g/mol. The van der Waals surface area contributed by atoms with E-state index in [0.29, 0.717) is 17.1 Å². The van der Waals surface area contributed by atoms with Crippen molar-refractivity contribution in [1.82, 2.24) is 0 Å². The molecule has 2 rings (SSSR count). The van der Waals surface area contributed by atoms with Crippen LogP contribution < -0.4 is 15.2 Å². The molecule has 0 saturated carbocycles. The molecule has 4 nitrogen and oxygen atoms in total. The standard InChI is InChI=1S/C16H14F3NO3/c1-22-13-6-3-9(7-14(13)23-2)12-8-10(16(17,18)19)4-5-11(12)15(20)21/h3-8H,1-2H3,(H2,20,21). The number of ether oxygens (including phenoxy) is 2. The van der Waals surface area contributed by atoms with Gasteiger partial charge in [-0.2, -0.15) is 13.2 Å². The summed E-state index contributed by atoms with van der Waals surface area (Å²) in [5.74, 6) is -0.0646. The number of methoxy groups -OCH3 is 2. The van der Waals surface area contributed by atoms with Gasteiger partial charge >= 0.3 is 6.18 Å². The summed E-state index contributed by atoms with van der Waals surface area (Å²) in [7, 11) is 2.85. The van der Waals surface area contributed by atoms with Gasteiger partial charge in [-0.3, -0.25) is 4.79 Å². The fourth-order valence-electron chi connectivity index (χ4n) is 2.18. The van der Waals surface area contributed by atoms with E-state index in [1.807, 2.05) is 0 Å². The van der Waals surface area contributed by atoms with Gasteiger partial charge < -0.3 is 15.2 Å². The molecule has 0 unspecified atom stereocenters. The van der Waals surface area contributed by atoms with Crippen molar-refractivity contribution in [3.63, 3.8) is 0 Å². The van der Waals surface area contributed by atoms with Crippen LogP contribution in [0.4, 0.5) is 13.2 Å². The van der Waals surface area contributed by atoms with Crippen LogP contribution in [0.25, 0.3) is 11.1 Å². The minimum Gasteiger partial charge on any atom is -0.493 e. The molecule has 0 aromatic heterocycles. The third-order valence-electron chi connectivity index (χ3n) is 3.31. The average molecular weight is 325 g/mol. The quantitative estimate of drug-likeness (QED) is 0.936. The Bertz CT molecular complexity index is 742. The van der Waals surface area contributed by atoms with Crippen LogP contribution >= 0.6 is 0 Å². The lowest BCUT2D eigenvalue weighted by atomic mass is 9.96. The normalized spacial score (nSPS) is 11.2. The van der Waals surface area contributed by atoms with Crippen LogP contribution in [-0.4, -0.2) is 20.1 Å². The van der Waals surface area contributed by atoms with Crippen LogP contribution in [0.15, 0.2) is 36.4 Å². The molecule has 0 spiro atoms. The molecule has 0 fully saturated rings. The number of primary amides is 1. The van der Waals surface area contributed by atoms with E-state index in [0.717, 1.165) is 18.2 Å². The number of alkyl halides is 3. The number of rotatable bonds is 4. The second-order valence-corrected chi connectivity index (χ2v) is 4.69. The zero-order chi connectivity index (χ0) is 17.2. The average Bonchev–Trinajstić information content (AvgIpc) is 2.52. The largest absolute Gasteiger partial charge is 0.493 e. The summed E-state index contributed by atoms with van der Waals surface area (Å²) in [5, 5.41) is 0. The van der Waals surface area contributed by atoms with Gasteiger partial charge in [0.1, 0.15) is 0 Å². The maximum absolute atomic E-state index is 12.9. The number of halogens is 3. The van der Waals surface area contributed by atoms with Crippen LogP contribution in [-0.2, 0) is 6.18 Å². The summed E-state index contributed by atoms with van der Waals surface area (Å²) in [6.45, 7) is 0. The van der Waals surface area contributed by atoms with Crippen molar-refractivity contribution >= 4 is 5.91 Å². The van der Waals surface area contributed by atoms with E-state index in [4.69, 9.17) is 15.2 Å². The van der Waals surface area contributed by atoms with Crippen molar-refractivity contribution in [3.8, 4) is 22.6 Å². The number of carbonyl (C=O) groups is 1. The van der Waals surface area contributed by atoms with E-state index in [1.54, 1.807) is 6.07 Å². The Morgan fingerprint density at radius 3 is 2.17 bits per heavy atom. The highest BCUT2D eigenvalue weighted by atomic mass is 19.4. The monoisotopic (exact) mass is 325 g/mol. The first-order chi connectivity index (χ1) is 10.8.